The fourth-order valence-electron chi connectivity index (χ4n) is 2.46. The lowest BCUT2D eigenvalue weighted by atomic mass is 10.1. The molecular weight excluding hydrogens is 374 g/mol. The van der Waals surface area contributed by atoms with Crippen molar-refractivity contribution in [3.63, 3.8) is 0 Å². The molecule has 0 aliphatic heterocycles. The third kappa shape index (κ3) is 11.0. The maximum Gasteiger partial charge on any atom is 0.408 e. The number of amides is 1. The predicted octanol–water partition coefficient (Wildman–Crippen LogP) is 4.00. The van der Waals surface area contributed by atoms with Gasteiger partial charge in [0, 0.05) is 6.42 Å². The van der Waals surface area contributed by atoms with Gasteiger partial charge in [-0.1, -0.05) is 12.1 Å². The molecule has 7 heteroatoms. The second-order valence-electron chi connectivity index (χ2n) is 7.52. The van der Waals surface area contributed by atoms with E-state index in [1.807, 2.05) is 30.3 Å². The standard InChI is InChI=1S/C22H33NO6/c1-22(2,3)29-21(25)23-19(20(24)27-5)16-17-10-12-18(13-11-17)28-15-9-7-6-8-14-26-4/h8,10-14,19H,6-7,9,15-16H2,1-5H3,(H,23,25)/b14-8+/t19-/m0/s1. The third-order valence-electron chi connectivity index (χ3n) is 3.81. The lowest BCUT2D eigenvalue weighted by Gasteiger charge is -2.22. The minimum atomic E-state index is -0.832. The van der Waals surface area contributed by atoms with Crippen LogP contribution in [0.4, 0.5) is 4.79 Å². The largest absolute Gasteiger partial charge is 0.505 e. The Morgan fingerprint density at radius 2 is 1.79 bits per heavy atom. The number of hydrogen-bond acceptors (Lipinski definition) is 6. The number of hydrogen-bond donors (Lipinski definition) is 1. The second-order valence-corrected chi connectivity index (χ2v) is 7.52. The predicted molar refractivity (Wildman–Crippen MR) is 111 cm³/mol. The molecule has 1 rings (SSSR count). The molecule has 0 aliphatic rings. The van der Waals surface area contributed by atoms with Crippen molar-refractivity contribution in [1.82, 2.24) is 5.32 Å². The summed E-state index contributed by atoms with van der Waals surface area (Å²) in [7, 11) is 2.92. The quantitative estimate of drug-likeness (QED) is 0.339. The van der Waals surface area contributed by atoms with Crippen LogP contribution in [0.15, 0.2) is 36.6 Å². The second kappa shape index (κ2) is 12.7. The van der Waals surface area contributed by atoms with E-state index >= 15 is 0 Å². The van der Waals surface area contributed by atoms with E-state index < -0.39 is 23.7 Å². The number of methoxy groups -OCH3 is 2. The first-order valence-electron chi connectivity index (χ1n) is 9.72. The van der Waals surface area contributed by atoms with Crippen LogP contribution in [0.25, 0.3) is 0 Å². The summed E-state index contributed by atoms with van der Waals surface area (Å²) in [6, 6.07) is 6.60. The van der Waals surface area contributed by atoms with Gasteiger partial charge in [-0.25, -0.2) is 9.59 Å². The van der Waals surface area contributed by atoms with Gasteiger partial charge in [-0.2, -0.15) is 0 Å². The van der Waals surface area contributed by atoms with Crippen molar-refractivity contribution < 1.29 is 28.5 Å². The Kier molecular flexibility index (Phi) is 10.7. The molecule has 0 aromatic heterocycles. The zero-order chi connectivity index (χ0) is 21.7. The van der Waals surface area contributed by atoms with E-state index in [2.05, 4.69) is 5.32 Å². The summed E-state index contributed by atoms with van der Waals surface area (Å²) in [6.07, 6.45) is 6.22. The summed E-state index contributed by atoms with van der Waals surface area (Å²) >= 11 is 0. The lowest BCUT2D eigenvalue weighted by Crippen LogP contribution is -2.45. The van der Waals surface area contributed by atoms with E-state index in [-0.39, 0.29) is 6.42 Å². The average molecular weight is 408 g/mol. The van der Waals surface area contributed by atoms with Crippen LogP contribution in [0, 0.1) is 0 Å². The van der Waals surface area contributed by atoms with Crippen molar-refractivity contribution in [2.75, 3.05) is 20.8 Å². The highest BCUT2D eigenvalue weighted by Crippen LogP contribution is 2.15. The molecule has 0 spiro atoms. The summed E-state index contributed by atoms with van der Waals surface area (Å²) < 4.78 is 20.6. The highest BCUT2D eigenvalue weighted by molar-refractivity contribution is 5.81. The van der Waals surface area contributed by atoms with Crippen LogP contribution in [0.2, 0.25) is 0 Å². The van der Waals surface area contributed by atoms with E-state index in [0.29, 0.717) is 6.61 Å². The van der Waals surface area contributed by atoms with Gasteiger partial charge < -0.3 is 24.3 Å². The van der Waals surface area contributed by atoms with Crippen molar-refractivity contribution in [2.24, 2.45) is 0 Å². The van der Waals surface area contributed by atoms with Gasteiger partial charge in [0.25, 0.3) is 0 Å². The Balaban J connectivity index is 2.53. The molecule has 0 unspecified atom stereocenters. The maximum atomic E-state index is 12.0. The van der Waals surface area contributed by atoms with Gasteiger partial charge in [0.1, 0.15) is 17.4 Å². The smallest absolute Gasteiger partial charge is 0.408 e. The summed E-state index contributed by atoms with van der Waals surface area (Å²) in [5.74, 6) is 0.231. The first-order chi connectivity index (χ1) is 13.7. The molecule has 1 N–H and O–H groups in total. The summed E-state index contributed by atoms with van der Waals surface area (Å²) in [4.78, 5) is 24.0. The van der Waals surface area contributed by atoms with Crippen LogP contribution < -0.4 is 10.1 Å². The first kappa shape index (κ1) is 24.3. The van der Waals surface area contributed by atoms with Gasteiger partial charge in [0.15, 0.2) is 0 Å². The number of nitrogens with one attached hydrogen (secondary N) is 1. The van der Waals surface area contributed by atoms with E-state index in [1.54, 1.807) is 34.1 Å². The van der Waals surface area contributed by atoms with Crippen LogP contribution in [-0.2, 0) is 25.4 Å². The molecule has 1 atom stereocenters. The number of alkyl carbamates (subject to hydrolysis) is 1. The molecule has 162 valence electrons. The van der Waals surface area contributed by atoms with Gasteiger partial charge in [0.2, 0.25) is 0 Å². The number of rotatable bonds is 11. The lowest BCUT2D eigenvalue weighted by molar-refractivity contribution is -0.143. The Morgan fingerprint density at radius 1 is 1.10 bits per heavy atom. The molecule has 7 nitrogen and oxygen atoms in total. The molecule has 1 aromatic carbocycles. The van der Waals surface area contributed by atoms with Crippen LogP contribution in [0.5, 0.6) is 5.75 Å². The van der Waals surface area contributed by atoms with Crippen molar-refractivity contribution in [3.8, 4) is 5.75 Å². The number of ether oxygens (including phenoxy) is 4. The Bertz CT molecular complexity index is 648. The van der Waals surface area contributed by atoms with Gasteiger partial charge in [-0.05, 0) is 63.8 Å². The number of carbonyl (C=O) groups excluding carboxylic acids is 2. The molecule has 0 radical (unpaired) electrons. The first-order valence-corrected chi connectivity index (χ1v) is 9.72. The topological polar surface area (TPSA) is 83.1 Å². The zero-order valence-corrected chi connectivity index (χ0v) is 18.0. The molecule has 0 bridgehead atoms. The number of carbonyl (C=O) groups is 2. The van der Waals surface area contributed by atoms with Crippen LogP contribution in [0.3, 0.4) is 0 Å². The molecule has 0 fully saturated rings. The summed E-state index contributed by atoms with van der Waals surface area (Å²) in [6.45, 7) is 5.91. The minimum Gasteiger partial charge on any atom is -0.505 e. The molecule has 0 heterocycles. The fourth-order valence-corrected chi connectivity index (χ4v) is 2.46. The van der Waals surface area contributed by atoms with Crippen LogP contribution in [0.1, 0.15) is 45.6 Å². The summed E-state index contributed by atoms with van der Waals surface area (Å²) in [5, 5.41) is 2.57. The van der Waals surface area contributed by atoms with Crippen molar-refractivity contribution >= 4 is 12.1 Å². The Hall–Kier alpha value is -2.70. The molecular formula is C22H33NO6. The fraction of sp³-hybridized carbons (Fsp3) is 0.545. The number of benzene rings is 1. The van der Waals surface area contributed by atoms with Gasteiger partial charge >= 0.3 is 12.1 Å². The van der Waals surface area contributed by atoms with E-state index in [1.165, 1.54) is 7.11 Å². The zero-order valence-electron chi connectivity index (χ0n) is 18.0. The number of unbranched alkanes of at least 4 members (excludes halogenated alkanes) is 2. The third-order valence-corrected chi connectivity index (χ3v) is 3.81. The summed E-state index contributed by atoms with van der Waals surface area (Å²) in [5.41, 5.74) is 0.220. The molecule has 1 aromatic rings. The van der Waals surface area contributed by atoms with Crippen molar-refractivity contribution in [2.45, 2.75) is 58.1 Å². The average Bonchev–Trinajstić information content (AvgIpc) is 2.66. The number of allylic oxidation sites excluding steroid dienone is 1. The van der Waals surface area contributed by atoms with Crippen molar-refractivity contribution in [1.29, 1.82) is 0 Å². The van der Waals surface area contributed by atoms with Gasteiger partial charge in [-0.15, -0.1) is 0 Å². The highest BCUT2D eigenvalue weighted by Gasteiger charge is 2.25. The Morgan fingerprint density at radius 3 is 2.38 bits per heavy atom. The maximum absolute atomic E-state index is 12.0. The molecule has 0 aliphatic carbocycles. The normalized spacial score (nSPS) is 12.3. The highest BCUT2D eigenvalue weighted by atomic mass is 16.6. The van der Waals surface area contributed by atoms with E-state index in [4.69, 9.17) is 18.9 Å². The monoisotopic (exact) mass is 407 g/mol. The van der Waals surface area contributed by atoms with E-state index in [0.717, 1.165) is 30.6 Å². The molecule has 29 heavy (non-hydrogen) atoms. The van der Waals surface area contributed by atoms with Gasteiger partial charge in [-0.3, -0.25) is 0 Å². The molecule has 0 saturated carbocycles. The molecule has 1 amide bonds. The van der Waals surface area contributed by atoms with Crippen LogP contribution in [-0.4, -0.2) is 44.5 Å². The van der Waals surface area contributed by atoms with Crippen molar-refractivity contribution in [3.05, 3.63) is 42.2 Å². The van der Waals surface area contributed by atoms with Gasteiger partial charge in [0.05, 0.1) is 27.1 Å². The SMILES string of the molecule is CO/C=C/CCCCOc1ccc(C[C@H](NC(=O)OC(C)(C)C)C(=O)OC)cc1. The minimum absolute atomic E-state index is 0.290. The Labute approximate surface area is 173 Å². The number of esters is 1. The van der Waals surface area contributed by atoms with Crippen LogP contribution >= 0.6 is 0 Å². The molecule has 0 saturated heterocycles. The van der Waals surface area contributed by atoms with E-state index in [9.17, 15) is 9.59 Å².